The summed E-state index contributed by atoms with van der Waals surface area (Å²) in [4.78, 5) is 19.0. The lowest BCUT2D eigenvalue weighted by Crippen LogP contribution is -2.40. The Morgan fingerprint density at radius 3 is 2.92 bits per heavy atom. The zero-order chi connectivity index (χ0) is 16.5. The number of likely N-dealkylation sites (tertiary alicyclic amines) is 1. The summed E-state index contributed by atoms with van der Waals surface area (Å²) in [5, 5.41) is 2.83. The van der Waals surface area contributed by atoms with E-state index in [9.17, 15) is 4.79 Å². The molecule has 26 heavy (non-hydrogen) atoms. The number of nitrogens with two attached hydrogens (primary N) is 1. The normalized spacial score (nSPS) is 17.6. The van der Waals surface area contributed by atoms with Gasteiger partial charge in [-0.15, -0.1) is 36.2 Å². The molecule has 4 rings (SSSR count). The number of halogens is 2. The number of thiazole rings is 1. The van der Waals surface area contributed by atoms with Crippen molar-refractivity contribution in [3.05, 3.63) is 29.3 Å². The predicted octanol–water partition coefficient (Wildman–Crippen LogP) is 2.87. The molecule has 6 nitrogen and oxygen atoms in total. The summed E-state index contributed by atoms with van der Waals surface area (Å²) < 4.78 is 10.7. The molecule has 0 saturated carbocycles. The Labute approximate surface area is 168 Å². The highest BCUT2D eigenvalue weighted by Gasteiger charge is 2.27. The molecule has 9 heteroatoms. The van der Waals surface area contributed by atoms with Gasteiger partial charge < -0.3 is 20.1 Å². The number of rotatable bonds is 4. The molecule has 142 valence electrons. The largest absolute Gasteiger partial charge is 0.454 e. The zero-order valence-corrected chi connectivity index (χ0v) is 16.5. The SMILES string of the molecule is Cl.Cl.NCC1CCCN1C(=O)Cc1csc(-c2ccc3c(c2)OCO3)n1. The number of carbonyl (C=O) groups is 1. The minimum Gasteiger partial charge on any atom is -0.454 e. The minimum atomic E-state index is 0. The lowest BCUT2D eigenvalue weighted by atomic mass is 10.2. The molecule has 0 aliphatic carbocycles. The summed E-state index contributed by atoms with van der Waals surface area (Å²) in [6.07, 6.45) is 2.37. The third kappa shape index (κ3) is 4.06. The zero-order valence-electron chi connectivity index (χ0n) is 14.1. The maximum absolute atomic E-state index is 12.5. The minimum absolute atomic E-state index is 0. The molecule has 1 fully saturated rings. The first-order chi connectivity index (χ1) is 11.7. The number of amides is 1. The van der Waals surface area contributed by atoms with E-state index in [2.05, 4.69) is 4.98 Å². The number of benzene rings is 1. The van der Waals surface area contributed by atoms with Gasteiger partial charge in [0.1, 0.15) is 5.01 Å². The van der Waals surface area contributed by atoms with Crippen LogP contribution in [-0.2, 0) is 11.2 Å². The van der Waals surface area contributed by atoms with Gasteiger partial charge in [-0.2, -0.15) is 0 Å². The average molecular weight is 418 g/mol. The number of aromatic nitrogens is 1. The van der Waals surface area contributed by atoms with Crippen molar-refractivity contribution in [3.8, 4) is 22.1 Å². The second-order valence-corrected chi connectivity index (χ2v) is 6.87. The van der Waals surface area contributed by atoms with Crippen LogP contribution in [-0.4, -0.2) is 41.7 Å². The first-order valence-corrected chi connectivity index (χ1v) is 8.96. The molecule has 0 bridgehead atoms. The molecular formula is C17H21Cl2N3O3S. The van der Waals surface area contributed by atoms with Gasteiger partial charge in [0.2, 0.25) is 12.7 Å². The highest BCUT2D eigenvalue weighted by molar-refractivity contribution is 7.13. The maximum atomic E-state index is 12.5. The van der Waals surface area contributed by atoms with E-state index in [1.165, 1.54) is 11.3 Å². The summed E-state index contributed by atoms with van der Waals surface area (Å²) in [5.74, 6) is 1.61. The standard InChI is InChI=1S/C17H19N3O3S.2ClH/c18-8-13-2-1-5-20(13)16(21)7-12-9-24-17(19-12)11-3-4-14-15(6-11)23-10-22-14;;/h3-4,6,9,13H,1-2,5,7-8,10,18H2;2*1H. The third-order valence-electron chi connectivity index (χ3n) is 4.47. The van der Waals surface area contributed by atoms with E-state index in [1.807, 2.05) is 28.5 Å². The number of ether oxygens (including phenoxy) is 2. The van der Waals surface area contributed by atoms with E-state index in [0.29, 0.717) is 13.0 Å². The van der Waals surface area contributed by atoms with Gasteiger partial charge in [-0.3, -0.25) is 4.79 Å². The number of hydrogen-bond acceptors (Lipinski definition) is 6. The van der Waals surface area contributed by atoms with Gasteiger partial charge in [-0.05, 0) is 31.0 Å². The third-order valence-corrected chi connectivity index (χ3v) is 5.41. The molecule has 1 amide bonds. The first-order valence-electron chi connectivity index (χ1n) is 8.08. The molecule has 2 aliphatic heterocycles. The van der Waals surface area contributed by atoms with Crippen molar-refractivity contribution in [2.24, 2.45) is 5.73 Å². The molecular weight excluding hydrogens is 397 g/mol. The van der Waals surface area contributed by atoms with Gasteiger partial charge in [0.25, 0.3) is 0 Å². The van der Waals surface area contributed by atoms with E-state index >= 15 is 0 Å². The summed E-state index contributed by atoms with van der Waals surface area (Å²) in [7, 11) is 0. The highest BCUT2D eigenvalue weighted by atomic mass is 35.5. The van der Waals surface area contributed by atoms with E-state index in [-0.39, 0.29) is 43.6 Å². The molecule has 1 unspecified atom stereocenters. The fourth-order valence-corrected chi connectivity index (χ4v) is 4.03. The molecule has 1 aromatic heterocycles. The van der Waals surface area contributed by atoms with Crippen LogP contribution < -0.4 is 15.2 Å². The molecule has 1 saturated heterocycles. The van der Waals surface area contributed by atoms with Crippen LogP contribution in [0.2, 0.25) is 0 Å². The first kappa shape index (κ1) is 20.8. The van der Waals surface area contributed by atoms with E-state index in [1.54, 1.807) is 0 Å². The van der Waals surface area contributed by atoms with Crippen LogP contribution >= 0.6 is 36.2 Å². The summed E-state index contributed by atoms with van der Waals surface area (Å²) in [5.41, 5.74) is 7.53. The van der Waals surface area contributed by atoms with E-state index in [4.69, 9.17) is 15.2 Å². The summed E-state index contributed by atoms with van der Waals surface area (Å²) >= 11 is 1.54. The molecule has 0 spiro atoms. The van der Waals surface area contributed by atoms with Crippen molar-refractivity contribution < 1.29 is 14.3 Å². The number of fused-ring (bicyclic) bond motifs is 1. The topological polar surface area (TPSA) is 77.7 Å². The Morgan fingerprint density at radius 2 is 2.12 bits per heavy atom. The molecule has 0 radical (unpaired) electrons. The van der Waals surface area contributed by atoms with Crippen molar-refractivity contribution in [1.82, 2.24) is 9.88 Å². The van der Waals surface area contributed by atoms with Crippen molar-refractivity contribution in [2.75, 3.05) is 19.9 Å². The Morgan fingerprint density at radius 1 is 1.31 bits per heavy atom. The lowest BCUT2D eigenvalue weighted by molar-refractivity contribution is -0.131. The smallest absolute Gasteiger partial charge is 0.231 e. The maximum Gasteiger partial charge on any atom is 0.231 e. The second-order valence-electron chi connectivity index (χ2n) is 6.01. The van der Waals surface area contributed by atoms with Gasteiger partial charge in [-0.25, -0.2) is 4.98 Å². The average Bonchev–Trinajstić information content (AvgIpc) is 3.33. The van der Waals surface area contributed by atoms with Crippen LogP contribution in [0, 0.1) is 0 Å². The van der Waals surface area contributed by atoms with Crippen LogP contribution in [0.5, 0.6) is 11.5 Å². The van der Waals surface area contributed by atoms with Gasteiger partial charge in [0.15, 0.2) is 11.5 Å². The van der Waals surface area contributed by atoms with Crippen molar-refractivity contribution >= 4 is 42.1 Å². The van der Waals surface area contributed by atoms with Crippen molar-refractivity contribution in [3.63, 3.8) is 0 Å². The van der Waals surface area contributed by atoms with Crippen LogP contribution in [0.3, 0.4) is 0 Å². The number of carbonyl (C=O) groups excluding carboxylic acids is 1. The van der Waals surface area contributed by atoms with Crippen molar-refractivity contribution in [1.29, 1.82) is 0 Å². The molecule has 2 aliphatic rings. The molecule has 2 aromatic rings. The van der Waals surface area contributed by atoms with E-state index in [0.717, 1.165) is 47.2 Å². The predicted molar refractivity (Wildman–Crippen MR) is 106 cm³/mol. The van der Waals surface area contributed by atoms with Crippen LogP contribution in [0.25, 0.3) is 10.6 Å². The fourth-order valence-electron chi connectivity index (χ4n) is 3.22. The van der Waals surface area contributed by atoms with Crippen LogP contribution in [0.1, 0.15) is 18.5 Å². The molecule has 2 N–H and O–H groups in total. The Balaban J connectivity index is 0.00000121. The van der Waals surface area contributed by atoms with E-state index < -0.39 is 0 Å². The fraction of sp³-hybridized carbons (Fsp3) is 0.412. The lowest BCUT2D eigenvalue weighted by Gasteiger charge is -2.23. The monoisotopic (exact) mass is 417 g/mol. The highest BCUT2D eigenvalue weighted by Crippen LogP contribution is 2.36. The Kier molecular flexibility index (Phi) is 7.11. The second kappa shape index (κ2) is 8.90. The number of nitrogens with zero attached hydrogens (tertiary/aromatic N) is 2. The molecule has 1 atom stereocenters. The van der Waals surface area contributed by atoms with Gasteiger partial charge >= 0.3 is 0 Å². The quantitative estimate of drug-likeness (QED) is 0.826. The molecule has 3 heterocycles. The summed E-state index contributed by atoms with van der Waals surface area (Å²) in [6.45, 7) is 1.60. The Bertz CT molecular complexity index is 771. The molecule has 1 aromatic carbocycles. The van der Waals surface area contributed by atoms with Gasteiger partial charge in [0.05, 0.1) is 12.1 Å². The van der Waals surface area contributed by atoms with Gasteiger partial charge in [-0.1, -0.05) is 0 Å². The Hall–Kier alpha value is -1.54. The summed E-state index contributed by atoms with van der Waals surface area (Å²) in [6, 6.07) is 5.96. The van der Waals surface area contributed by atoms with Crippen molar-refractivity contribution in [2.45, 2.75) is 25.3 Å². The van der Waals surface area contributed by atoms with Crippen LogP contribution in [0.15, 0.2) is 23.6 Å². The van der Waals surface area contributed by atoms with Gasteiger partial charge in [0, 0.05) is 30.1 Å². The number of hydrogen-bond donors (Lipinski definition) is 1. The van der Waals surface area contributed by atoms with Crippen LogP contribution in [0.4, 0.5) is 0 Å².